The summed E-state index contributed by atoms with van der Waals surface area (Å²) in [7, 11) is 3.81. The minimum Gasteiger partial charge on any atom is -0.398 e. The van der Waals surface area contributed by atoms with Crippen LogP contribution in [0.15, 0.2) is 22.7 Å². The molecule has 2 N–H and O–H groups in total. The molecule has 2 aromatic rings. The number of aromatic nitrogens is 2. The van der Waals surface area contributed by atoms with Crippen LogP contribution in [0.25, 0.3) is 11.5 Å². The third-order valence-corrected chi connectivity index (χ3v) is 2.17. The molecule has 0 aliphatic heterocycles. The summed E-state index contributed by atoms with van der Waals surface area (Å²) in [6.45, 7) is 0.574. The first-order chi connectivity index (χ1) is 8.06. The van der Waals surface area contributed by atoms with Gasteiger partial charge in [0.05, 0.1) is 12.1 Å². The van der Waals surface area contributed by atoms with Gasteiger partial charge in [-0.2, -0.15) is 4.98 Å². The second-order valence-electron chi connectivity index (χ2n) is 3.99. The molecule has 0 saturated carbocycles. The fraction of sp³-hybridized carbons (Fsp3) is 0.273. The Bertz CT molecular complexity index is 524. The zero-order valence-electron chi connectivity index (χ0n) is 9.64. The maximum atomic E-state index is 12.9. The quantitative estimate of drug-likeness (QED) is 0.818. The largest absolute Gasteiger partial charge is 0.398 e. The lowest BCUT2D eigenvalue weighted by atomic mass is 10.2. The van der Waals surface area contributed by atoms with Crippen molar-refractivity contribution in [1.82, 2.24) is 15.0 Å². The minimum atomic E-state index is -0.390. The van der Waals surface area contributed by atoms with Crippen molar-refractivity contribution in [2.45, 2.75) is 6.54 Å². The van der Waals surface area contributed by atoms with E-state index in [-0.39, 0.29) is 11.5 Å². The van der Waals surface area contributed by atoms with Crippen LogP contribution in [-0.2, 0) is 6.54 Å². The third-order valence-electron chi connectivity index (χ3n) is 2.17. The lowest BCUT2D eigenvalue weighted by Gasteiger charge is -2.03. The monoisotopic (exact) mass is 236 g/mol. The normalized spacial score (nSPS) is 11.1. The molecule has 0 spiro atoms. The van der Waals surface area contributed by atoms with Gasteiger partial charge in [-0.15, -0.1) is 0 Å². The van der Waals surface area contributed by atoms with Gasteiger partial charge in [0.15, 0.2) is 5.82 Å². The highest BCUT2D eigenvalue weighted by atomic mass is 19.1. The number of halogens is 1. The average molecular weight is 236 g/mol. The van der Waals surface area contributed by atoms with E-state index in [0.717, 1.165) is 0 Å². The highest BCUT2D eigenvalue weighted by molar-refractivity contribution is 5.70. The first kappa shape index (κ1) is 11.5. The van der Waals surface area contributed by atoms with Crippen molar-refractivity contribution in [2.24, 2.45) is 0 Å². The summed E-state index contributed by atoms with van der Waals surface area (Å²) < 4.78 is 18.0. The summed E-state index contributed by atoms with van der Waals surface area (Å²) in [5.41, 5.74) is 6.51. The summed E-state index contributed by atoms with van der Waals surface area (Å²) in [6, 6.07) is 4.06. The Balaban J connectivity index is 2.30. The number of anilines is 1. The molecule has 0 atom stereocenters. The second-order valence-corrected chi connectivity index (χ2v) is 3.99. The summed E-state index contributed by atoms with van der Waals surface area (Å²) in [5, 5.41) is 3.82. The maximum absolute atomic E-state index is 12.9. The number of nitrogens with zero attached hydrogens (tertiary/aromatic N) is 3. The molecule has 1 heterocycles. The Hall–Kier alpha value is -1.95. The van der Waals surface area contributed by atoms with E-state index in [2.05, 4.69) is 10.1 Å². The van der Waals surface area contributed by atoms with Gasteiger partial charge >= 0.3 is 0 Å². The van der Waals surface area contributed by atoms with E-state index in [1.165, 1.54) is 18.2 Å². The van der Waals surface area contributed by atoms with Gasteiger partial charge in [0, 0.05) is 5.69 Å². The number of nitrogen functional groups attached to an aromatic ring is 1. The molecule has 0 radical (unpaired) electrons. The van der Waals surface area contributed by atoms with Crippen LogP contribution in [-0.4, -0.2) is 29.1 Å². The van der Waals surface area contributed by atoms with Gasteiger partial charge < -0.3 is 15.2 Å². The van der Waals surface area contributed by atoms with Crippen LogP contribution in [0.1, 0.15) is 5.82 Å². The zero-order valence-corrected chi connectivity index (χ0v) is 9.64. The molecule has 0 fully saturated rings. The molecule has 6 heteroatoms. The van der Waals surface area contributed by atoms with Crippen LogP contribution in [0.5, 0.6) is 0 Å². The van der Waals surface area contributed by atoms with Crippen LogP contribution < -0.4 is 5.73 Å². The third kappa shape index (κ3) is 2.59. The molecule has 1 aromatic heterocycles. The van der Waals surface area contributed by atoms with Gasteiger partial charge in [-0.3, -0.25) is 0 Å². The molecule has 0 bridgehead atoms. The van der Waals surface area contributed by atoms with Crippen molar-refractivity contribution in [2.75, 3.05) is 19.8 Å². The molecule has 90 valence electrons. The summed E-state index contributed by atoms with van der Waals surface area (Å²) in [6.07, 6.45) is 0. The first-order valence-corrected chi connectivity index (χ1v) is 5.09. The van der Waals surface area contributed by atoms with E-state index in [1.807, 2.05) is 19.0 Å². The molecule has 5 nitrogen and oxygen atoms in total. The number of nitrogens with two attached hydrogens (primary N) is 1. The van der Waals surface area contributed by atoms with E-state index in [4.69, 9.17) is 10.3 Å². The van der Waals surface area contributed by atoms with Gasteiger partial charge in [-0.05, 0) is 32.3 Å². The molecule has 0 amide bonds. The first-order valence-electron chi connectivity index (χ1n) is 5.09. The Morgan fingerprint density at radius 1 is 1.41 bits per heavy atom. The SMILES string of the molecule is CN(C)Cc1noc(-c2ccc(F)cc2N)n1. The van der Waals surface area contributed by atoms with Crippen LogP contribution >= 0.6 is 0 Å². The standard InChI is InChI=1S/C11H13FN4O/c1-16(2)6-10-14-11(17-15-10)8-4-3-7(12)5-9(8)13/h3-5H,6,13H2,1-2H3. The molecule has 0 aliphatic rings. The van der Waals surface area contributed by atoms with Crippen LogP contribution in [0.4, 0.5) is 10.1 Å². The van der Waals surface area contributed by atoms with Crippen molar-refractivity contribution in [3.63, 3.8) is 0 Å². The molecule has 1 aromatic carbocycles. The molecule has 0 aliphatic carbocycles. The lowest BCUT2D eigenvalue weighted by molar-refractivity contribution is 0.365. The van der Waals surface area contributed by atoms with Gasteiger partial charge in [0.25, 0.3) is 5.89 Å². The van der Waals surface area contributed by atoms with E-state index in [0.29, 0.717) is 23.8 Å². The van der Waals surface area contributed by atoms with Crippen LogP contribution in [0, 0.1) is 5.82 Å². The molecule has 2 rings (SSSR count). The smallest absolute Gasteiger partial charge is 0.260 e. The van der Waals surface area contributed by atoms with Crippen LogP contribution in [0.3, 0.4) is 0 Å². The molecular weight excluding hydrogens is 223 g/mol. The highest BCUT2D eigenvalue weighted by Gasteiger charge is 2.12. The van der Waals surface area contributed by atoms with E-state index in [1.54, 1.807) is 0 Å². The average Bonchev–Trinajstić information content (AvgIpc) is 2.65. The Morgan fingerprint density at radius 2 is 2.18 bits per heavy atom. The van der Waals surface area contributed by atoms with E-state index >= 15 is 0 Å². The maximum Gasteiger partial charge on any atom is 0.260 e. The Kier molecular flexibility index (Phi) is 3.06. The molecular formula is C11H13FN4O. The van der Waals surface area contributed by atoms with Crippen LogP contribution in [0.2, 0.25) is 0 Å². The lowest BCUT2D eigenvalue weighted by Crippen LogP contribution is -2.11. The Morgan fingerprint density at radius 3 is 2.82 bits per heavy atom. The number of hydrogen-bond donors (Lipinski definition) is 1. The van der Waals surface area contributed by atoms with Gasteiger partial charge in [-0.25, -0.2) is 4.39 Å². The van der Waals surface area contributed by atoms with Crippen molar-refractivity contribution in [3.05, 3.63) is 29.8 Å². The summed E-state index contributed by atoms with van der Waals surface area (Å²) >= 11 is 0. The zero-order chi connectivity index (χ0) is 12.4. The number of hydrogen-bond acceptors (Lipinski definition) is 5. The van der Waals surface area contributed by atoms with Crippen molar-refractivity contribution >= 4 is 5.69 Å². The highest BCUT2D eigenvalue weighted by Crippen LogP contribution is 2.24. The predicted octanol–water partition coefficient (Wildman–Crippen LogP) is 1.52. The second kappa shape index (κ2) is 4.50. The van der Waals surface area contributed by atoms with Gasteiger partial charge in [-0.1, -0.05) is 5.16 Å². The van der Waals surface area contributed by atoms with Crippen molar-refractivity contribution in [1.29, 1.82) is 0 Å². The van der Waals surface area contributed by atoms with Crippen molar-refractivity contribution in [3.8, 4) is 11.5 Å². The molecule has 17 heavy (non-hydrogen) atoms. The van der Waals surface area contributed by atoms with E-state index in [9.17, 15) is 4.39 Å². The minimum absolute atomic E-state index is 0.282. The summed E-state index contributed by atoms with van der Waals surface area (Å²) in [5.74, 6) is 0.479. The molecule has 0 unspecified atom stereocenters. The fourth-order valence-corrected chi connectivity index (χ4v) is 1.44. The number of rotatable bonds is 3. The van der Waals surface area contributed by atoms with Crippen molar-refractivity contribution < 1.29 is 8.91 Å². The van der Waals surface area contributed by atoms with E-state index < -0.39 is 0 Å². The van der Waals surface area contributed by atoms with Gasteiger partial charge in [0.1, 0.15) is 5.82 Å². The number of benzene rings is 1. The Labute approximate surface area is 98.0 Å². The fourth-order valence-electron chi connectivity index (χ4n) is 1.44. The van der Waals surface area contributed by atoms with Gasteiger partial charge in [0.2, 0.25) is 0 Å². The molecule has 0 saturated heterocycles. The topological polar surface area (TPSA) is 68.2 Å². The predicted molar refractivity (Wildman–Crippen MR) is 61.5 cm³/mol. The summed E-state index contributed by atoms with van der Waals surface area (Å²) in [4.78, 5) is 6.11.